The van der Waals surface area contributed by atoms with Gasteiger partial charge >= 0.3 is 5.97 Å². The Bertz CT molecular complexity index is 1160. The van der Waals surface area contributed by atoms with Crippen LogP contribution in [0.5, 0.6) is 0 Å². The zero-order chi connectivity index (χ0) is 22.4. The van der Waals surface area contributed by atoms with Crippen LogP contribution in [0, 0.1) is 10.8 Å². The number of amides is 1. The van der Waals surface area contributed by atoms with Gasteiger partial charge in [0.15, 0.2) is 0 Å². The zero-order valence-corrected chi connectivity index (χ0v) is 19.1. The largest absolute Gasteiger partial charge is 0.469 e. The standard InChI is InChI=1S/C28H30N2O3/c1-33-25(32)27-14-13-26(18-27)12-11-22(31)29-16-15-28(23(26)29)20-9-5-6-10-21(20)30(24(27)28)17-19-7-3-2-4-8-19/h2-10,23-24H,11-18H2,1H3/t23-,24-,26+,27+,28+/m1/s1. The quantitative estimate of drug-likeness (QED) is 0.673. The van der Waals surface area contributed by atoms with Crippen molar-refractivity contribution >= 4 is 17.6 Å². The van der Waals surface area contributed by atoms with Crippen LogP contribution in [0.4, 0.5) is 5.69 Å². The van der Waals surface area contributed by atoms with Gasteiger partial charge in [0.2, 0.25) is 5.91 Å². The second kappa shape index (κ2) is 6.40. The molecule has 5 aliphatic rings. The number of nitrogens with zero attached hydrogens (tertiary/aromatic N) is 2. The molecule has 3 aliphatic heterocycles. The van der Waals surface area contributed by atoms with Crippen LogP contribution in [-0.4, -0.2) is 42.5 Å². The Hall–Kier alpha value is -2.82. The molecule has 0 unspecified atom stereocenters. The lowest BCUT2D eigenvalue weighted by Crippen LogP contribution is -2.70. The highest BCUT2D eigenvalue weighted by Gasteiger charge is 2.79. The molecule has 2 aromatic rings. The predicted octanol–water partition coefficient (Wildman–Crippen LogP) is 4.05. The van der Waals surface area contributed by atoms with Crippen molar-refractivity contribution in [3.8, 4) is 0 Å². The molecule has 5 heteroatoms. The SMILES string of the molecule is COC(=O)[C@]12CC[C@@]3(CCC(=O)N4CC[C@]5(c6ccccc6N(Cc6ccccc6)[C@H]15)[C@H]43)C2. The predicted molar refractivity (Wildman–Crippen MR) is 125 cm³/mol. The molecule has 0 N–H and O–H groups in total. The second-order valence-corrected chi connectivity index (χ2v) is 11.0. The molecule has 5 atom stereocenters. The summed E-state index contributed by atoms with van der Waals surface area (Å²) in [4.78, 5) is 31.6. The Labute approximate surface area is 194 Å². The minimum atomic E-state index is -0.532. The van der Waals surface area contributed by atoms with E-state index in [2.05, 4.69) is 58.3 Å². The molecule has 2 saturated carbocycles. The number of anilines is 1. The summed E-state index contributed by atoms with van der Waals surface area (Å²) in [6, 6.07) is 19.5. The van der Waals surface area contributed by atoms with Gasteiger partial charge in [0.25, 0.3) is 0 Å². The summed E-state index contributed by atoms with van der Waals surface area (Å²) in [5.74, 6) is 0.251. The number of benzene rings is 2. The summed E-state index contributed by atoms with van der Waals surface area (Å²) in [5.41, 5.74) is 3.09. The van der Waals surface area contributed by atoms with Gasteiger partial charge in [-0.3, -0.25) is 9.59 Å². The van der Waals surface area contributed by atoms with Crippen LogP contribution in [0.3, 0.4) is 0 Å². The van der Waals surface area contributed by atoms with Crippen LogP contribution < -0.4 is 4.90 Å². The van der Waals surface area contributed by atoms with Gasteiger partial charge in [0.1, 0.15) is 0 Å². The minimum Gasteiger partial charge on any atom is -0.469 e. The highest BCUT2D eigenvalue weighted by Crippen LogP contribution is 2.74. The van der Waals surface area contributed by atoms with E-state index in [-0.39, 0.29) is 28.9 Å². The second-order valence-electron chi connectivity index (χ2n) is 11.0. The summed E-state index contributed by atoms with van der Waals surface area (Å²) in [7, 11) is 1.55. The third-order valence-corrected chi connectivity index (χ3v) is 9.87. The van der Waals surface area contributed by atoms with Crippen LogP contribution in [0.15, 0.2) is 54.6 Å². The average molecular weight is 443 g/mol. The monoisotopic (exact) mass is 442 g/mol. The summed E-state index contributed by atoms with van der Waals surface area (Å²) in [6.45, 7) is 1.56. The molecule has 2 aliphatic carbocycles. The van der Waals surface area contributed by atoms with Crippen LogP contribution in [-0.2, 0) is 26.3 Å². The summed E-state index contributed by atoms with van der Waals surface area (Å²) < 4.78 is 5.57. The Kier molecular flexibility index (Phi) is 3.81. The molecule has 4 fully saturated rings. The van der Waals surface area contributed by atoms with E-state index in [1.807, 2.05) is 6.07 Å². The number of rotatable bonds is 3. The molecule has 2 spiro atoms. The van der Waals surface area contributed by atoms with Crippen LogP contribution in [0.1, 0.15) is 49.7 Å². The fraction of sp³-hybridized carbons (Fsp3) is 0.500. The lowest BCUT2D eigenvalue weighted by atomic mass is 9.49. The molecule has 170 valence electrons. The van der Waals surface area contributed by atoms with Crippen molar-refractivity contribution in [3.05, 3.63) is 65.7 Å². The highest BCUT2D eigenvalue weighted by atomic mass is 16.5. The van der Waals surface area contributed by atoms with Crippen LogP contribution in [0.2, 0.25) is 0 Å². The number of carbonyl (C=O) groups excluding carboxylic acids is 2. The smallest absolute Gasteiger partial charge is 0.313 e. The van der Waals surface area contributed by atoms with E-state index in [0.717, 1.165) is 45.2 Å². The normalized spacial score (nSPS) is 37.5. The molecular formula is C28H30N2O3. The van der Waals surface area contributed by atoms with E-state index in [1.54, 1.807) is 7.11 Å². The number of esters is 1. The van der Waals surface area contributed by atoms with Gasteiger partial charge in [-0.25, -0.2) is 0 Å². The Morgan fingerprint density at radius 2 is 1.79 bits per heavy atom. The van der Waals surface area contributed by atoms with E-state index in [1.165, 1.54) is 16.8 Å². The molecule has 33 heavy (non-hydrogen) atoms. The van der Waals surface area contributed by atoms with Crippen molar-refractivity contribution in [1.29, 1.82) is 0 Å². The van der Waals surface area contributed by atoms with Gasteiger partial charge < -0.3 is 14.5 Å². The van der Waals surface area contributed by atoms with E-state index in [9.17, 15) is 9.59 Å². The van der Waals surface area contributed by atoms with Gasteiger partial charge in [-0.15, -0.1) is 0 Å². The maximum absolute atomic E-state index is 13.7. The van der Waals surface area contributed by atoms with Gasteiger partial charge in [-0.1, -0.05) is 48.5 Å². The van der Waals surface area contributed by atoms with Crippen LogP contribution >= 0.6 is 0 Å². The Morgan fingerprint density at radius 3 is 2.61 bits per heavy atom. The first-order valence-corrected chi connectivity index (χ1v) is 12.3. The van der Waals surface area contributed by atoms with Crippen LogP contribution in [0.25, 0.3) is 0 Å². The number of carbonyl (C=O) groups is 2. The molecule has 2 bridgehead atoms. The number of ether oxygens (including phenoxy) is 1. The first kappa shape index (κ1) is 19.6. The number of hydrogen-bond donors (Lipinski definition) is 0. The average Bonchev–Trinajstić information content (AvgIpc) is 3.50. The highest BCUT2D eigenvalue weighted by molar-refractivity contribution is 5.86. The van der Waals surface area contributed by atoms with Gasteiger partial charge in [0.05, 0.1) is 18.6 Å². The number of methoxy groups -OCH3 is 1. The third-order valence-electron chi connectivity index (χ3n) is 9.87. The maximum atomic E-state index is 13.7. The van der Waals surface area contributed by atoms with Crippen molar-refractivity contribution in [2.45, 2.75) is 62.6 Å². The third kappa shape index (κ3) is 2.19. The van der Waals surface area contributed by atoms with E-state index < -0.39 is 5.41 Å². The summed E-state index contributed by atoms with van der Waals surface area (Å²) in [6.07, 6.45) is 5.15. The summed E-state index contributed by atoms with van der Waals surface area (Å²) >= 11 is 0. The molecule has 7 rings (SSSR count). The molecule has 2 aromatic carbocycles. The van der Waals surface area contributed by atoms with Crippen molar-refractivity contribution in [2.24, 2.45) is 10.8 Å². The summed E-state index contributed by atoms with van der Waals surface area (Å²) in [5, 5.41) is 0. The molecule has 3 heterocycles. The topological polar surface area (TPSA) is 49.9 Å². The lowest BCUT2D eigenvalue weighted by Gasteiger charge is -2.59. The van der Waals surface area contributed by atoms with Crippen molar-refractivity contribution < 1.29 is 14.3 Å². The minimum absolute atomic E-state index is 0.00609. The van der Waals surface area contributed by atoms with Crippen molar-refractivity contribution in [1.82, 2.24) is 4.90 Å². The first-order chi connectivity index (χ1) is 16.1. The number of para-hydroxylation sites is 1. The molecule has 0 aromatic heterocycles. The fourth-order valence-electron chi connectivity index (χ4n) is 9.08. The fourth-order valence-corrected chi connectivity index (χ4v) is 9.08. The van der Waals surface area contributed by atoms with E-state index in [4.69, 9.17) is 4.74 Å². The van der Waals surface area contributed by atoms with Crippen molar-refractivity contribution in [3.63, 3.8) is 0 Å². The van der Waals surface area contributed by atoms with E-state index >= 15 is 0 Å². The van der Waals surface area contributed by atoms with Gasteiger partial charge in [-0.05, 0) is 54.7 Å². The molecule has 0 radical (unpaired) electrons. The maximum Gasteiger partial charge on any atom is 0.313 e. The van der Waals surface area contributed by atoms with Gasteiger partial charge in [-0.2, -0.15) is 0 Å². The number of piperidine rings is 1. The lowest BCUT2D eigenvalue weighted by molar-refractivity contribution is -0.163. The number of fused-ring (bicyclic) bond motifs is 3. The molecule has 1 amide bonds. The first-order valence-electron chi connectivity index (χ1n) is 12.3. The number of hydrogen-bond acceptors (Lipinski definition) is 4. The van der Waals surface area contributed by atoms with E-state index in [0.29, 0.717) is 12.3 Å². The van der Waals surface area contributed by atoms with Gasteiger partial charge in [0, 0.05) is 36.7 Å². The molecular weight excluding hydrogens is 412 g/mol. The molecule has 2 saturated heterocycles. The Morgan fingerprint density at radius 1 is 1.00 bits per heavy atom. The molecule has 5 nitrogen and oxygen atoms in total. The van der Waals surface area contributed by atoms with Crippen molar-refractivity contribution in [2.75, 3.05) is 18.6 Å². The zero-order valence-electron chi connectivity index (χ0n) is 19.1. The Balaban J connectivity index is 1.49.